The molecule has 8 heteroatoms. The maximum Gasteiger partial charge on any atom is 0.335 e. The van der Waals surface area contributed by atoms with Crippen LogP contribution in [-0.4, -0.2) is 44.3 Å². The molecule has 0 fully saturated rings. The molecular formula is C20H20O8. The fourth-order valence-corrected chi connectivity index (χ4v) is 2.06. The molecule has 0 bridgehead atoms. The lowest BCUT2D eigenvalue weighted by atomic mass is 9.85. The minimum atomic E-state index is -1.12. The van der Waals surface area contributed by atoms with Gasteiger partial charge in [0.15, 0.2) is 0 Å². The van der Waals surface area contributed by atoms with Gasteiger partial charge in [0.25, 0.3) is 0 Å². The molecule has 0 atom stereocenters. The fourth-order valence-electron chi connectivity index (χ4n) is 2.06. The van der Waals surface area contributed by atoms with Gasteiger partial charge in [-0.2, -0.15) is 0 Å². The Labute approximate surface area is 160 Å². The summed E-state index contributed by atoms with van der Waals surface area (Å²) >= 11 is 0. The van der Waals surface area contributed by atoms with E-state index < -0.39 is 23.9 Å². The largest absolute Gasteiger partial charge is 0.478 e. The fraction of sp³-hybridized carbons (Fsp3) is 0.200. The average Bonchev–Trinajstić information content (AvgIpc) is 2.61. The van der Waals surface area contributed by atoms with E-state index in [4.69, 9.17) is 20.4 Å². The summed E-state index contributed by atoms with van der Waals surface area (Å²) < 4.78 is 0. The van der Waals surface area contributed by atoms with Gasteiger partial charge in [0.05, 0.1) is 22.3 Å². The highest BCUT2D eigenvalue weighted by Gasteiger charge is 2.19. The number of hydrogen-bond donors (Lipinski definition) is 4. The Kier molecular flexibility index (Phi) is 7.03. The van der Waals surface area contributed by atoms with Crippen LogP contribution in [0, 0.1) is 0 Å². The van der Waals surface area contributed by atoms with E-state index in [9.17, 15) is 19.2 Å². The lowest BCUT2D eigenvalue weighted by Crippen LogP contribution is -2.14. The normalized spacial score (nSPS) is 10.4. The van der Waals surface area contributed by atoms with E-state index in [1.54, 1.807) is 0 Å². The van der Waals surface area contributed by atoms with Crippen molar-refractivity contribution < 1.29 is 39.6 Å². The number of carbonyl (C=O) groups is 4. The van der Waals surface area contributed by atoms with Crippen molar-refractivity contribution in [1.29, 1.82) is 0 Å². The van der Waals surface area contributed by atoms with Gasteiger partial charge in [-0.05, 0) is 53.4 Å². The van der Waals surface area contributed by atoms with E-state index in [1.165, 1.54) is 42.5 Å². The molecule has 0 aliphatic heterocycles. The molecule has 0 aliphatic carbocycles. The topological polar surface area (TPSA) is 149 Å². The first kappa shape index (κ1) is 22.4. The third-order valence-electron chi connectivity index (χ3n) is 3.67. The Morgan fingerprint density at radius 1 is 0.571 bits per heavy atom. The van der Waals surface area contributed by atoms with Crippen LogP contribution in [0.15, 0.2) is 42.5 Å². The van der Waals surface area contributed by atoms with Crippen molar-refractivity contribution in [3.8, 4) is 0 Å². The van der Waals surface area contributed by atoms with Crippen molar-refractivity contribution in [2.75, 3.05) is 0 Å². The van der Waals surface area contributed by atoms with E-state index >= 15 is 0 Å². The number of hydrogen-bond acceptors (Lipinski definition) is 4. The molecule has 2 aromatic rings. The van der Waals surface area contributed by atoms with Crippen LogP contribution in [0.1, 0.15) is 67.8 Å². The van der Waals surface area contributed by atoms with E-state index in [1.807, 2.05) is 20.8 Å². The molecule has 0 aromatic heterocycles. The third kappa shape index (κ3) is 6.24. The van der Waals surface area contributed by atoms with E-state index in [-0.39, 0.29) is 27.7 Å². The minimum absolute atomic E-state index is 0.00447. The number of benzene rings is 2. The van der Waals surface area contributed by atoms with Gasteiger partial charge >= 0.3 is 23.9 Å². The second-order valence-electron chi connectivity index (χ2n) is 6.85. The highest BCUT2D eigenvalue weighted by Crippen LogP contribution is 2.24. The lowest BCUT2D eigenvalue weighted by molar-refractivity contribution is 0.0681. The minimum Gasteiger partial charge on any atom is -0.478 e. The van der Waals surface area contributed by atoms with Gasteiger partial charge in [-0.1, -0.05) is 20.8 Å². The molecule has 0 saturated carbocycles. The number of aromatic carboxylic acids is 4. The molecule has 2 rings (SSSR count). The van der Waals surface area contributed by atoms with Crippen LogP contribution >= 0.6 is 0 Å². The van der Waals surface area contributed by atoms with Crippen molar-refractivity contribution in [3.63, 3.8) is 0 Å². The van der Waals surface area contributed by atoms with E-state index in [0.717, 1.165) is 0 Å². The molecule has 0 radical (unpaired) electrons. The molecule has 2 aromatic carbocycles. The summed E-state index contributed by atoms with van der Waals surface area (Å²) in [5.41, 5.74) is 0.592. The third-order valence-corrected chi connectivity index (χ3v) is 3.67. The standard InChI is InChI=1S/C12H14O4.C8H6O4/c1-12(2,3)9-5-7(10(13)14)4-8(6-9)11(15)16;9-7(10)5-1-2-6(4-3-5)8(11)12/h4-6H,1-3H3,(H,13,14)(H,15,16);1-4H,(H,9,10)(H,11,12). The zero-order valence-corrected chi connectivity index (χ0v) is 15.5. The van der Waals surface area contributed by atoms with Gasteiger partial charge in [-0.15, -0.1) is 0 Å². The molecular weight excluding hydrogens is 368 g/mol. The Balaban J connectivity index is 0.000000292. The van der Waals surface area contributed by atoms with Crippen molar-refractivity contribution in [3.05, 3.63) is 70.3 Å². The van der Waals surface area contributed by atoms with Crippen molar-refractivity contribution in [1.82, 2.24) is 0 Å². The molecule has 0 spiro atoms. The monoisotopic (exact) mass is 388 g/mol. The van der Waals surface area contributed by atoms with Gasteiger partial charge in [0, 0.05) is 0 Å². The van der Waals surface area contributed by atoms with Crippen molar-refractivity contribution in [2.24, 2.45) is 0 Å². The smallest absolute Gasteiger partial charge is 0.335 e. The maximum atomic E-state index is 10.9. The van der Waals surface area contributed by atoms with Crippen molar-refractivity contribution in [2.45, 2.75) is 26.2 Å². The summed E-state index contributed by atoms with van der Waals surface area (Å²) in [5.74, 6) is -4.36. The highest BCUT2D eigenvalue weighted by atomic mass is 16.4. The predicted octanol–water partition coefficient (Wildman–Crippen LogP) is 3.46. The second-order valence-corrected chi connectivity index (χ2v) is 6.85. The summed E-state index contributed by atoms with van der Waals surface area (Å²) in [7, 11) is 0. The Bertz CT molecular complexity index is 840. The summed E-state index contributed by atoms with van der Waals surface area (Å²) in [6.07, 6.45) is 0. The Morgan fingerprint density at radius 3 is 1.07 bits per heavy atom. The summed E-state index contributed by atoms with van der Waals surface area (Å²) in [6, 6.07) is 9.21. The van der Waals surface area contributed by atoms with Crippen LogP contribution in [0.3, 0.4) is 0 Å². The molecule has 148 valence electrons. The molecule has 4 N–H and O–H groups in total. The number of carboxylic acids is 4. The molecule has 0 unspecified atom stereocenters. The first-order valence-corrected chi connectivity index (χ1v) is 8.01. The van der Waals surface area contributed by atoms with Crippen LogP contribution in [0.25, 0.3) is 0 Å². The quantitative estimate of drug-likeness (QED) is 0.622. The lowest BCUT2D eigenvalue weighted by Gasteiger charge is -2.20. The SMILES string of the molecule is CC(C)(C)c1cc(C(=O)O)cc(C(=O)O)c1.O=C(O)c1ccc(C(=O)O)cc1. The molecule has 0 amide bonds. The van der Waals surface area contributed by atoms with Crippen LogP contribution in [0.5, 0.6) is 0 Å². The Hall–Kier alpha value is -3.68. The van der Waals surface area contributed by atoms with Crippen LogP contribution in [0.4, 0.5) is 0 Å². The molecule has 0 heterocycles. The summed E-state index contributed by atoms with van der Waals surface area (Å²) in [6.45, 7) is 5.71. The van der Waals surface area contributed by atoms with Gasteiger partial charge < -0.3 is 20.4 Å². The summed E-state index contributed by atoms with van der Waals surface area (Å²) in [4.78, 5) is 42.4. The van der Waals surface area contributed by atoms with Crippen LogP contribution in [0.2, 0.25) is 0 Å². The second kappa shape index (κ2) is 8.81. The molecule has 0 aliphatic rings. The average molecular weight is 388 g/mol. The summed E-state index contributed by atoms with van der Waals surface area (Å²) in [5, 5.41) is 34.7. The van der Waals surface area contributed by atoms with Crippen LogP contribution in [-0.2, 0) is 5.41 Å². The van der Waals surface area contributed by atoms with E-state index in [2.05, 4.69) is 0 Å². The van der Waals surface area contributed by atoms with Crippen LogP contribution < -0.4 is 0 Å². The first-order valence-electron chi connectivity index (χ1n) is 8.01. The predicted molar refractivity (Wildman–Crippen MR) is 99.4 cm³/mol. The van der Waals surface area contributed by atoms with Gasteiger partial charge in [-0.3, -0.25) is 0 Å². The van der Waals surface area contributed by atoms with Gasteiger partial charge in [0.2, 0.25) is 0 Å². The van der Waals surface area contributed by atoms with Gasteiger partial charge in [0.1, 0.15) is 0 Å². The molecule has 8 nitrogen and oxygen atoms in total. The zero-order valence-electron chi connectivity index (χ0n) is 15.5. The van der Waals surface area contributed by atoms with Crippen molar-refractivity contribution >= 4 is 23.9 Å². The first-order chi connectivity index (χ1) is 12.8. The zero-order chi connectivity index (χ0) is 21.6. The number of carboxylic acid groups (broad SMARTS) is 4. The van der Waals surface area contributed by atoms with E-state index in [0.29, 0.717) is 5.56 Å². The maximum absolute atomic E-state index is 10.9. The highest BCUT2D eigenvalue weighted by molar-refractivity contribution is 5.94. The molecule has 28 heavy (non-hydrogen) atoms. The van der Waals surface area contributed by atoms with Gasteiger partial charge in [-0.25, -0.2) is 19.2 Å². The Morgan fingerprint density at radius 2 is 0.857 bits per heavy atom. The molecule has 0 saturated heterocycles. The number of rotatable bonds is 4.